The van der Waals surface area contributed by atoms with Gasteiger partial charge in [0.15, 0.2) is 0 Å². The second-order valence-electron chi connectivity index (χ2n) is 6.30. The Hall–Kier alpha value is -2.83. The van der Waals surface area contributed by atoms with Crippen LogP contribution in [0.1, 0.15) is 30.0 Å². The molecule has 0 aliphatic rings. The molecule has 2 aromatic carbocycles. The van der Waals surface area contributed by atoms with Gasteiger partial charge in [-0.05, 0) is 43.2 Å². The first-order chi connectivity index (χ1) is 12.6. The van der Waals surface area contributed by atoms with Gasteiger partial charge in [0.2, 0.25) is 11.8 Å². The molecule has 0 heterocycles. The molecular formula is C20H21F3N2O2. The van der Waals surface area contributed by atoms with Gasteiger partial charge in [-0.25, -0.2) is 0 Å². The summed E-state index contributed by atoms with van der Waals surface area (Å²) >= 11 is 0. The first kappa shape index (κ1) is 20.5. The number of hydrogen-bond donors (Lipinski definition) is 1. The van der Waals surface area contributed by atoms with Gasteiger partial charge < -0.3 is 10.2 Å². The molecule has 27 heavy (non-hydrogen) atoms. The summed E-state index contributed by atoms with van der Waals surface area (Å²) in [6.45, 7) is 4.76. The highest BCUT2D eigenvalue weighted by molar-refractivity contribution is 5.95. The van der Waals surface area contributed by atoms with Crippen LogP contribution in [0.25, 0.3) is 0 Å². The molecule has 0 saturated heterocycles. The third kappa shape index (κ3) is 5.32. The van der Waals surface area contributed by atoms with Crippen LogP contribution < -0.4 is 10.2 Å². The minimum Gasteiger partial charge on any atom is -0.326 e. The number of amides is 2. The number of nitrogens with one attached hydrogen (secondary N) is 1. The molecule has 0 bridgehead atoms. The molecule has 1 N–H and O–H groups in total. The number of halogens is 3. The fourth-order valence-corrected chi connectivity index (χ4v) is 2.69. The van der Waals surface area contributed by atoms with Crippen molar-refractivity contribution in [3.8, 4) is 0 Å². The molecule has 2 amide bonds. The van der Waals surface area contributed by atoms with Gasteiger partial charge in [-0.3, -0.25) is 9.59 Å². The highest BCUT2D eigenvalue weighted by Crippen LogP contribution is 2.36. The van der Waals surface area contributed by atoms with Crippen LogP contribution >= 0.6 is 0 Å². The summed E-state index contributed by atoms with van der Waals surface area (Å²) in [5.74, 6) is -0.939. The van der Waals surface area contributed by atoms with E-state index in [2.05, 4.69) is 5.32 Å². The quantitative estimate of drug-likeness (QED) is 0.820. The second kappa shape index (κ2) is 8.24. The summed E-state index contributed by atoms with van der Waals surface area (Å²) in [6, 6.07) is 10.4. The highest BCUT2D eigenvalue weighted by Gasteiger charge is 2.35. The van der Waals surface area contributed by atoms with Crippen LogP contribution in [0.5, 0.6) is 0 Å². The van der Waals surface area contributed by atoms with E-state index in [-0.39, 0.29) is 24.6 Å². The SMILES string of the molecule is CC(=O)N(CCC(=O)Nc1cc(C)ccc1C)c1ccccc1C(F)(F)F. The van der Waals surface area contributed by atoms with E-state index in [1.165, 1.54) is 25.1 Å². The van der Waals surface area contributed by atoms with Crippen molar-refractivity contribution in [3.05, 3.63) is 59.2 Å². The molecule has 144 valence electrons. The zero-order valence-electron chi connectivity index (χ0n) is 15.4. The number of anilines is 2. The van der Waals surface area contributed by atoms with Crippen molar-refractivity contribution in [3.63, 3.8) is 0 Å². The molecule has 0 radical (unpaired) electrons. The number of alkyl halides is 3. The van der Waals surface area contributed by atoms with Gasteiger partial charge in [-0.2, -0.15) is 13.2 Å². The Morgan fingerprint density at radius 1 is 1.07 bits per heavy atom. The molecule has 2 rings (SSSR count). The largest absolute Gasteiger partial charge is 0.418 e. The van der Waals surface area contributed by atoms with E-state index in [1.54, 1.807) is 0 Å². The normalized spacial score (nSPS) is 11.2. The molecular weight excluding hydrogens is 357 g/mol. The summed E-state index contributed by atoms with van der Waals surface area (Å²) in [6.07, 6.45) is -4.72. The van der Waals surface area contributed by atoms with Gasteiger partial charge in [0.05, 0.1) is 11.3 Å². The number of rotatable bonds is 5. The molecule has 0 aliphatic heterocycles. The number of carbonyl (C=O) groups excluding carboxylic acids is 2. The second-order valence-corrected chi connectivity index (χ2v) is 6.30. The van der Waals surface area contributed by atoms with Crippen molar-refractivity contribution in [2.45, 2.75) is 33.4 Å². The average molecular weight is 378 g/mol. The first-order valence-electron chi connectivity index (χ1n) is 8.41. The number of carbonyl (C=O) groups is 2. The molecule has 2 aromatic rings. The summed E-state index contributed by atoms with van der Waals surface area (Å²) in [4.78, 5) is 25.1. The number of hydrogen-bond acceptors (Lipinski definition) is 2. The van der Waals surface area contributed by atoms with Crippen LogP contribution in [0.15, 0.2) is 42.5 Å². The predicted molar refractivity (Wildman–Crippen MR) is 98.6 cm³/mol. The number of para-hydroxylation sites is 1. The predicted octanol–water partition coefficient (Wildman–Crippen LogP) is 4.70. The standard InChI is InChI=1S/C20H21F3N2O2/c1-13-8-9-14(2)17(12-13)24-19(27)10-11-25(15(3)26)18-7-5-4-6-16(18)20(21,22)23/h4-9,12H,10-11H2,1-3H3,(H,24,27). The maximum absolute atomic E-state index is 13.2. The Morgan fingerprint density at radius 2 is 1.74 bits per heavy atom. The lowest BCUT2D eigenvalue weighted by atomic mass is 10.1. The molecule has 0 unspecified atom stereocenters. The van der Waals surface area contributed by atoms with Crippen LogP contribution in [0.2, 0.25) is 0 Å². The van der Waals surface area contributed by atoms with Crippen molar-refractivity contribution < 1.29 is 22.8 Å². The summed E-state index contributed by atoms with van der Waals surface area (Å²) in [7, 11) is 0. The average Bonchev–Trinajstić information content (AvgIpc) is 2.57. The summed E-state index contributed by atoms with van der Waals surface area (Å²) in [5.41, 5.74) is 1.33. The van der Waals surface area contributed by atoms with Gasteiger partial charge in [-0.1, -0.05) is 24.3 Å². The number of benzene rings is 2. The Kier molecular flexibility index (Phi) is 6.25. The molecule has 0 aromatic heterocycles. The number of nitrogens with zero attached hydrogens (tertiary/aromatic N) is 1. The van der Waals surface area contributed by atoms with E-state index < -0.39 is 17.6 Å². The van der Waals surface area contributed by atoms with Gasteiger partial charge in [0, 0.05) is 25.6 Å². The Labute approximate surface area is 156 Å². The van der Waals surface area contributed by atoms with Crippen LogP contribution in [-0.2, 0) is 15.8 Å². The van der Waals surface area contributed by atoms with Gasteiger partial charge in [-0.15, -0.1) is 0 Å². The Balaban J connectivity index is 2.15. The van der Waals surface area contributed by atoms with Crippen LogP contribution in [0.4, 0.5) is 24.5 Å². The van der Waals surface area contributed by atoms with Gasteiger partial charge >= 0.3 is 6.18 Å². The van der Waals surface area contributed by atoms with Crippen molar-refractivity contribution >= 4 is 23.2 Å². The van der Waals surface area contributed by atoms with Crippen LogP contribution in [-0.4, -0.2) is 18.4 Å². The topological polar surface area (TPSA) is 49.4 Å². The lowest BCUT2D eigenvalue weighted by Gasteiger charge is -2.24. The molecule has 0 saturated carbocycles. The lowest BCUT2D eigenvalue weighted by molar-refractivity contribution is -0.137. The molecule has 0 aliphatic carbocycles. The number of aryl methyl sites for hydroxylation is 2. The van der Waals surface area contributed by atoms with Gasteiger partial charge in [0.1, 0.15) is 0 Å². The van der Waals surface area contributed by atoms with E-state index >= 15 is 0 Å². The highest BCUT2D eigenvalue weighted by atomic mass is 19.4. The molecule has 0 fully saturated rings. The van der Waals surface area contributed by atoms with E-state index in [0.717, 1.165) is 22.1 Å². The molecule has 0 atom stereocenters. The molecule has 4 nitrogen and oxygen atoms in total. The Bertz CT molecular complexity index is 847. The van der Waals surface area contributed by atoms with E-state index in [0.29, 0.717) is 5.69 Å². The molecule has 0 spiro atoms. The fraction of sp³-hybridized carbons (Fsp3) is 0.300. The van der Waals surface area contributed by atoms with Crippen molar-refractivity contribution in [1.29, 1.82) is 0 Å². The van der Waals surface area contributed by atoms with Gasteiger partial charge in [0.25, 0.3) is 0 Å². The molecule has 7 heteroatoms. The fourth-order valence-electron chi connectivity index (χ4n) is 2.69. The van der Waals surface area contributed by atoms with Crippen LogP contribution in [0.3, 0.4) is 0 Å². The van der Waals surface area contributed by atoms with Crippen molar-refractivity contribution in [1.82, 2.24) is 0 Å². The summed E-state index contributed by atoms with van der Waals surface area (Å²) in [5, 5.41) is 2.74. The van der Waals surface area contributed by atoms with Crippen LogP contribution in [0, 0.1) is 13.8 Å². The van der Waals surface area contributed by atoms with E-state index in [1.807, 2.05) is 32.0 Å². The Morgan fingerprint density at radius 3 is 2.37 bits per heavy atom. The van der Waals surface area contributed by atoms with E-state index in [9.17, 15) is 22.8 Å². The minimum atomic E-state index is -4.59. The smallest absolute Gasteiger partial charge is 0.326 e. The third-order valence-corrected chi connectivity index (χ3v) is 4.11. The van der Waals surface area contributed by atoms with Crippen molar-refractivity contribution in [2.75, 3.05) is 16.8 Å². The third-order valence-electron chi connectivity index (χ3n) is 4.11. The monoisotopic (exact) mass is 378 g/mol. The maximum atomic E-state index is 13.2. The van der Waals surface area contributed by atoms with E-state index in [4.69, 9.17) is 0 Å². The summed E-state index contributed by atoms with van der Waals surface area (Å²) < 4.78 is 39.7. The lowest BCUT2D eigenvalue weighted by Crippen LogP contribution is -2.33. The zero-order valence-corrected chi connectivity index (χ0v) is 15.4. The first-order valence-corrected chi connectivity index (χ1v) is 8.41. The van der Waals surface area contributed by atoms with Crippen molar-refractivity contribution in [2.24, 2.45) is 0 Å². The zero-order chi connectivity index (χ0) is 20.2. The maximum Gasteiger partial charge on any atom is 0.418 e. The minimum absolute atomic E-state index is 0.126.